The van der Waals surface area contributed by atoms with Crippen LogP contribution in [0.25, 0.3) is 27.1 Å². The zero-order valence-corrected chi connectivity index (χ0v) is 22.7. The number of piperidine rings is 1. The monoisotopic (exact) mass is 518 g/mol. The number of carbonyl (C=O) groups is 1. The Labute approximate surface area is 220 Å². The van der Waals surface area contributed by atoms with Gasteiger partial charge < -0.3 is 15.5 Å². The average molecular weight is 519 g/mol. The second-order valence-electron chi connectivity index (χ2n) is 11.5. The highest BCUT2D eigenvalue weighted by Gasteiger charge is 2.42. The van der Waals surface area contributed by atoms with E-state index in [1.165, 1.54) is 55.9 Å². The number of primary amides is 1. The van der Waals surface area contributed by atoms with Crippen LogP contribution in [0.5, 0.6) is 0 Å². The highest BCUT2D eigenvalue weighted by molar-refractivity contribution is 7.19. The average Bonchev–Trinajstić information content (AvgIpc) is 3.62. The quantitative estimate of drug-likeness (QED) is 0.391. The molecule has 8 nitrogen and oxygen atoms in total. The molecule has 7 rings (SSSR count). The van der Waals surface area contributed by atoms with Crippen LogP contribution in [0.1, 0.15) is 84.3 Å². The Balaban J connectivity index is 1.32. The number of H-pyrrole nitrogens is 1. The summed E-state index contributed by atoms with van der Waals surface area (Å²) in [7, 11) is 0. The Kier molecular flexibility index (Phi) is 5.29. The first-order valence-corrected chi connectivity index (χ1v) is 14.3. The number of hydrogen-bond donors (Lipinski definition) is 2. The summed E-state index contributed by atoms with van der Waals surface area (Å²) in [5.41, 5.74) is 14.0. The predicted molar refractivity (Wildman–Crippen MR) is 145 cm³/mol. The van der Waals surface area contributed by atoms with Crippen molar-refractivity contribution in [2.75, 3.05) is 6.54 Å². The fraction of sp³-hybridized carbons (Fsp3) is 0.536. The number of thiophene rings is 1. The molecule has 2 bridgehead atoms. The lowest BCUT2D eigenvalue weighted by atomic mass is 9.86. The number of aromatic nitrogens is 4. The van der Waals surface area contributed by atoms with Gasteiger partial charge in [0.05, 0.1) is 25.5 Å². The Morgan fingerprint density at radius 3 is 2.65 bits per heavy atom. The maximum Gasteiger partial charge on any atom is 0.231 e. The van der Waals surface area contributed by atoms with Crippen LogP contribution in [0.4, 0.5) is 0 Å². The summed E-state index contributed by atoms with van der Waals surface area (Å²) >= 11 is 1.93. The van der Waals surface area contributed by atoms with Crippen molar-refractivity contribution in [3.8, 4) is 11.3 Å². The van der Waals surface area contributed by atoms with Gasteiger partial charge >= 0.3 is 0 Å². The lowest BCUT2D eigenvalue weighted by molar-refractivity contribution is -0.120. The second kappa shape index (κ2) is 8.38. The highest BCUT2D eigenvalue weighted by atomic mass is 32.1. The number of nitrogens with two attached hydrogens (primary N) is 1. The molecule has 3 N–H and O–H groups in total. The summed E-state index contributed by atoms with van der Waals surface area (Å²) in [5.74, 6) is 1.48. The molecule has 3 aliphatic heterocycles. The number of carbonyl (C=O) groups excluding carboxylic acids is 1. The zero-order valence-electron chi connectivity index (χ0n) is 21.9. The molecule has 194 valence electrons. The molecule has 2 fully saturated rings. The molecular weight excluding hydrogens is 484 g/mol. The number of aryl methyl sites for hydroxylation is 2. The number of nitrogens with one attached hydrogen (secondary N) is 1. The van der Waals surface area contributed by atoms with Gasteiger partial charge in [-0.25, -0.2) is 9.50 Å². The first-order valence-electron chi connectivity index (χ1n) is 13.4. The van der Waals surface area contributed by atoms with Crippen molar-refractivity contribution in [2.45, 2.75) is 90.5 Å². The van der Waals surface area contributed by atoms with Crippen LogP contribution >= 0.6 is 11.3 Å². The van der Waals surface area contributed by atoms with Gasteiger partial charge in [-0.3, -0.25) is 9.69 Å². The van der Waals surface area contributed by atoms with Crippen molar-refractivity contribution in [3.05, 3.63) is 39.2 Å². The molecule has 0 spiro atoms. The lowest BCUT2D eigenvalue weighted by Gasteiger charge is -2.38. The predicted octanol–water partition coefficient (Wildman–Crippen LogP) is 4.91. The molecule has 0 saturated carbocycles. The lowest BCUT2D eigenvalue weighted by Crippen LogP contribution is -2.46. The van der Waals surface area contributed by atoms with Gasteiger partial charge in [0, 0.05) is 39.7 Å². The number of aromatic amines is 1. The van der Waals surface area contributed by atoms with Crippen molar-refractivity contribution in [1.82, 2.24) is 24.5 Å². The minimum Gasteiger partial charge on any atom is -0.372 e. The highest BCUT2D eigenvalue weighted by Crippen LogP contribution is 2.50. The van der Waals surface area contributed by atoms with Crippen molar-refractivity contribution < 1.29 is 9.53 Å². The van der Waals surface area contributed by atoms with E-state index >= 15 is 0 Å². The van der Waals surface area contributed by atoms with Crippen molar-refractivity contribution in [1.29, 1.82) is 0 Å². The molecule has 0 aromatic carbocycles. The Morgan fingerprint density at radius 2 is 1.95 bits per heavy atom. The molecule has 0 unspecified atom stereocenters. The summed E-state index contributed by atoms with van der Waals surface area (Å²) in [6, 6.07) is 0.938. The fourth-order valence-electron chi connectivity index (χ4n) is 7.37. The number of rotatable bonds is 5. The summed E-state index contributed by atoms with van der Waals surface area (Å²) in [6.45, 7) is 10.4. The topological polar surface area (TPSA) is 102 Å². The molecule has 4 aromatic rings. The smallest absolute Gasteiger partial charge is 0.231 e. The third kappa shape index (κ3) is 3.51. The number of fused-ring (bicyclic) bond motifs is 6. The minimum absolute atomic E-state index is 0.207. The van der Waals surface area contributed by atoms with Gasteiger partial charge in [-0.05, 0) is 68.1 Å². The molecule has 3 aliphatic rings. The van der Waals surface area contributed by atoms with Gasteiger partial charge in [0.25, 0.3) is 0 Å². The van der Waals surface area contributed by atoms with E-state index in [2.05, 4.69) is 46.9 Å². The number of hydrogen-bond acceptors (Lipinski definition) is 6. The van der Waals surface area contributed by atoms with Gasteiger partial charge in [-0.15, -0.1) is 11.3 Å². The standard InChI is InChI=1S/C28H34N6O2S/c1-13(2)23-24-14(3)26(16-7-17-5-6-18(8-16)33(17)10-22(29)35)37-28(24)31-25(23)19-9-34-27(30-15(4)32-34)21-12-36-11-20(19)21/h9,13,16-18,31H,5-8,10-12H2,1-4H3,(H2,29,35)/t16-,17-,18+. The van der Waals surface area contributed by atoms with Crippen LogP contribution < -0.4 is 5.73 Å². The molecule has 3 atom stereocenters. The van der Waals surface area contributed by atoms with Gasteiger partial charge in [0.15, 0.2) is 5.65 Å². The Hall–Kier alpha value is -2.75. The summed E-state index contributed by atoms with van der Waals surface area (Å²) in [4.78, 5) is 25.3. The molecular formula is C28H34N6O2S. The zero-order chi connectivity index (χ0) is 25.6. The van der Waals surface area contributed by atoms with E-state index < -0.39 is 0 Å². The van der Waals surface area contributed by atoms with E-state index in [1.807, 2.05) is 22.8 Å². The van der Waals surface area contributed by atoms with Crippen LogP contribution in [0.2, 0.25) is 0 Å². The van der Waals surface area contributed by atoms with E-state index in [4.69, 9.17) is 10.5 Å². The molecule has 0 radical (unpaired) electrons. The van der Waals surface area contributed by atoms with Gasteiger partial charge in [0.2, 0.25) is 5.91 Å². The van der Waals surface area contributed by atoms with Gasteiger partial charge in [0.1, 0.15) is 10.7 Å². The third-order valence-electron chi connectivity index (χ3n) is 8.84. The van der Waals surface area contributed by atoms with E-state index in [-0.39, 0.29) is 5.91 Å². The van der Waals surface area contributed by atoms with E-state index in [0.29, 0.717) is 43.7 Å². The number of pyridine rings is 1. The van der Waals surface area contributed by atoms with Gasteiger partial charge in [-0.2, -0.15) is 5.10 Å². The largest absolute Gasteiger partial charge is 0.372 e. The number of nitrogens with zero attached hydrogens (tertiary/aromatic N) is 4. The number of amides is 1. The second-order valence-corrected chi connectivity index (χ2v) is 12.5. The molecule has 1 amide bonds. The van der Waals surface area contributed by atoms with Crippen LogP contribution in [0.3, 0.4) is 0 Å². The van der Waals surface area contributed by atoms with E-state index in [9.17, 15) is 4.79 Å². The minimum atomic E-state index is -0.207. The third-order valence-corrected chi connectivity index (χ3v) is 10.2. The molecule has 2 saturated heterocycles. The SMILES string of the molecule is Cc1nc2c3c(c(-c4[nH]c5sc([C@@H]6C[C@H]7CC[C@@H](C6)N7CC(N)=O)c(C)c5c4C(C)C)cn2n1)COC3. The maximum absolute atomic E-state index is 11.6. The number of ether oxygens (including phenoxy) is 1. The maximum atomic E-state index is 11.6. The molecule has 0 aliphatic carbocycles. The molecule has 9 heteroatoms. The molecule has 4 aromatic heterocycles. The van der Waals surface area contributed by atoms with Crippen molar-refractivity contribution in [3.63, 3.8) is 0 Å². The van der Waals surface area contributed by atoms with E-state index in [1.54, 1.807) is 0 Å². The van der Waals surface area contributed by atoms with Crippen molar-refractivity contribution in [2.24, 2.45) is 5.73 Å². The van der Waals surface area contributed by atoms with Crippen LogP contribution in [-0.4, -0.2) is 49.0 Å². The normalized spacial score (nSPS) is 23.6. The van der Waals surface area contributed by atoms with Crippen LogP contribution in [0.15, 0.2) is 6.20 Å². The Bertz CT molecular complexity index is 1550. The summed E-state index contributed by atoms with van der Waals surface area (Å²) < 4.78 is 7.83. The first kappa shape index (κ1) is 23.4. The van der Waals surface area contributed by atoms with Gasteiger partial charge in [-0.1, -0.05) is 13.8 Å². The molecule has 7 heterocycles. The van der Waals surface area contributed by atoms with E-state index in [0.717, 1.165) is 29.9 Å². The van der Waals surface area contributed by atoms with Crippen LogP contribution in [0, 0.1) is 13.8 Å². The van der Waals surface area contributed by atoms with Crippen molar-refractivity contribution >= 4 is 33.1 Å². The fourth-order valence-corrected chi connectivity index (χ4v) is 8.72. The van der Waals surface area contributed by atoms with Crippen LogP contribution in [-0.2, 0) is 22.7 Å². The summed E-state index contributed by atoms with van der Waals surface area (Å²) in [6.07, 6.45) is 6.72. The first-order chi connectivity index (χ1) is 17.8. The summed E-state index contributed by atoms with van der Waals surface area (Å²) in [5, 5.41) is 6.02. The molecule has 37 heavy (non-hydrogen) atoms. The Morgan fingerprint density at radius 1 is 1.22 bits per heavy atom.